The molecule has 0 unspecified atom stereocenters. The van der Waals surface area contributed by atoms with E-state index in [-0.39, 0.29) is 17.7 Å². The molecule has 1 aliphatic heterocycles. The Balaban J connectivity index is 1.32. The number of nitrogens with zero attached hydrogens (tertiary/aromatic N) is 2. The largest absolute Gasteiger partial charge is 0.485 e. The molecule has 0 saturated heterocycles. The standard InChI is InChI=1S/C21H26N4O3/c1-15-8-11-24-25(15)13-12-22-19(26)16-6-9-21(10-7-16)14-23-20(27)17-4-2-3-5-18(17)28-21/h2-5,8,11,16H,6-7,9-10,12-14H2,1H3,(H,22,26)(H,23,27). The lowest BCUT2D eigenvalue weighted by molar-refractivity contribution is -0.127. The van der Waals surface area contributed by atoms with Crippen molar-refractivity contribution in [3.05, 3.63) is 47.8 Å². The van der Waals surface area contributed by atoms with E-state index in [1.807, 2.05) is 35.9 Å². The maximum absolute atomic E-state index is 12.5. The van der Waals surface area contributed by atoms with Gasteiger partial charge in [-0.3, -0.25) is 14.3 Å². The van der Waals surface area contributed by atoms with Crippen LogP contribution in [0.4, 0.5) is 0 Å². The van der Waals surface area contributed by atoms with Gasteiger partial charge in [-0.25, -0.2) is 0 Å². The van der Waals surface area contributed by atoms with Crippen molar-refractivity contribution < 1.29 is 14.3 Å². The van der Waals surface area contributed by atoms with E-state index < -0.39 is 5.60 Å². The third-order valence-corrected chi connectivity index (χ3v) is 5.85. The summed E-state index contributed by atoms with van der Waals surface area (Å²) < 4.78 is 8.19. The normalized spacial score (nSPS) is 24.0. The summed E-state index contributed by atoms with van der Waals surface area (Å²) in [5, 5.41) is 10.3. The first kappa shape index (κ1) is 18.5. The minimum absolute atomic E-state index is 0.0119. The van der Waals surface area contributed by atoms with Crippen LogP contribution in [0.1, 0.15) is 41.7 Å². The average Bonchev–Trinajstić information content (AvgIpc) is 3.06. The first-order valence-electron chi connectivity index (χ1n) is 9.89. The second-order valence-corrected chi connectivity index (χ2v) is 7.72. The average molecular weight is 382 g/mol. The summed E-state index contributed by atoms with van der Waals surface area (Å²) in [5.74, 6) is 0.621. The second kappa shape index (κ2) is 7.66. The fourth-order valence-corrected chi connectivity index (χ4v) is 4.10. The summed E-state index contributed by atoms with van der Waals surface area (Å²) in [7, 11) is 0. The minimum atomic E-state index is -0.425. The molecule has 148 valence electrons. The number of aromatic nitrogens is 2. The van der Waals surface area contributed by atoms with Crippen molar-refractivity contribution in [1.82, 2.24) is 20.4 Å². The van der Waals surface area contributed by atoms with Crippen molar-refractivity contribution in [1.29, 1.82) is 0 Å². The monoisotopic (exact) mass is 382 g/mol. The highest BCUT2D eigenvalue weighted by Crippen LogP contribution is 2.38. The van der Waals surface area contributed by atoms with E-state index in [2.05, 4.69) is 15.7 Å². The van der Waals surface area contributed by atoms with Gasteiger partial charge in [-0.15, -0.1) is 0 Å². The highest BCUT2D eigenvalue weighted by atomic mass is 16.5. The molecule has 1 aromatic carbocycles. The molecule has 4 rings (SSSR count). The maximum atomic E-state index is 12.5. The summed E-state index contributed by atoms with van der Waals surface area (Å²) in [5.41, 5.74) is 1.24. The Bertz CT molecular complexity index is 868. The van der Waals surface area contributed by atoms with Crippen LogP contribution in [0.3, 0.4) is 0 Å². The van der Waals surface area contributed by atoms with Gasteiger partial charge in [-0.1, -0.05) is 12.1 Å². The molecule has 1 saturated carbocycles. The number of amides is 2. The van der Waals surface area contributed by atoms with Gasteiger partial charge in [0.1, 0.15) is 11.4 Å². The molecule has 1 aliphatic carbocycles. The summed E-state index contributed by atoms with van der Waals surface area (Å²) in [6, 6.07) is 9.30. The molecular weight excluding hydrogens is 356 g/mol. The van der Waals surface area contributed by atoms with Crippen LogP contribution in [0, 0.1) is 12.8 Å². The molecule has 2 amide bonds. The van der Waals surface area contributed by atoms with Crippen LogP contribution in [0.5, 0.6) is 5.75 Å². The van der Waals surface area contributed by atoms with Crippen molar-refractivity contribution in [2.75, 3.05) is 13.1 Å². The lowest BCUT2D eigenvalue weighted by Crippen LogP contribution is -2.49. The fourth-order valence-electron chi connectivity index (χ4n) is 4.10. The van der Waals surface area contributed by atoms with Gasteiger partial charge in [0.05, 0.1) is 18.7 Å². The lowest BCUT2D eigenvalue weighted by Gasteiger charge is -2.39. The van der Waals surface area contributed by atoms with Gasteiger partial charge < -0.3 is 15.4 Å². The Labute approximate surface area is 164 Å². The molecular formula is C21H26N4O3. The molecule has 0 bridgehead atoms. The minimum Gasteiger partial charge on any atom is -0.485 e. The molecule has 0 atom stereocenters. The first-order chi connectivity index (χ1) is 13.6. The molecule has 1 aromatic heterocycles. The lowest BCUT2D eigenvalue weighted by atomic mass is 9.78. The quantitative estimate of drug-likeness (QED) is 0.848. The zero-order valence-corrected chi connectivity index (χ0v) is 16.1. The third-order valence-electron chi connectivity index (χ3n) is 5.85. The number of aryl methyl sites for hydroxylation is 1. The molecule has 28 heavy (non-hydrogen) atoms. The Morgan fingerprint density at radius 1 is 1.32 bits per heavy atom. The molecule has 2 heterocycles. The highest BCUT2D eigenvalue weighted by Gasteiger charge is 2.41. The SMILES string of the molecule is Cc1ccnn1CCNC(=O)C1CCC2(CC1)CNC(=O)c1ccccc1O2. The van der Waals surface area contributed by atoms with Crippen molar-refractivity contribution in [2.24, 2.45) is 5.92 Å². The van der Waals surface area contributed by atoms with Gasteiger partial charge in [-0.2, -0.15) is 5.10 Å². The molecule has 2 aromatic rings. The van der Waals surface area contributed by atoms with Gasteiger partial charge in [0.2, 0.25) is 5.91 Å². The predicted octanol–water partition coefficient (Wildman–Crippen LogP) is 2.06. The molecule has 2 aliphatic rings. The Kier molecular flexibility index (Phi) is 5.07. The molecule has 0 radical (unpaired) electrons. The zero-order chi connectivity index (χ0) is 19.6. The Morgan fingerprint density at radius 3 is 2.86 bits per heavy atom. The number of nitrogens with one attached hydrogen (secondary N) is 2. The molecule has 7 heteroatoms. The van der Waals surface area contributed by atoms with E-state index in [1.165, 1.54) is 0 Å². The van der Waals surface area contributed by atoms with Gasteiger partial charge in [0.15, 0.2) is 0 Å². The smallest absolute Gasteiger partial charge is 0.255 e. The number of carbonyl (C=O) groups excluding carboxylic acids is 2. The third kappa shape index (κ3) is 3.74. The van der Waals surface area contributed by atoms with Crippen molar-refractivity contribution in [2.45, 2.75) is 44.8 Å². The van der Waals surface area contributed by atoms with E-state index in [0.29, 0.717) is 30.9 Å². The van der Waals surface area contributed by atoms with Crippen LogP contribution < -0.4 is 15.4 Å². The predicted molar refractivity (Wildman–Crippen MR) is 104 cm³/mol. The highest BCUT2D eigenvalue weighted by molar-refractivity contribution is 5.97. The van der Waals surface area contributed by atoms with Gasteiger partial charge in [0, 0.05) is 24.4 Å². The Hall–Kier alpha value is -2.83. The number of rotatable bonds is 4. The first-order valence-corrected chi connectivity index (χ1v) is 9.89. The van der Waals surface area contributed by atoms with E-state index >= 15 is 0 Å². The van der Waals surface area contributed by atoms with Crippen LogP contribution in [-0.4, -0.2) is 40.3 Å². The van der Waals surface area contributed by atoms with Crippen LogP contribution in [0.2, 0.25) is 0 Å². The zero-order valence-electron chi connectivity index (χ0n) is 16.1. The molecule has 1 fully saturated rings. The summed E-state index contributed by atoms with van der Waals surface area (Å²) in [6.07, 6.45) is 4.77. The van der Waals surface area contributed by atoms with Crippen LogP contribution >= 0.6 is 0 Å². The number of carbonyl (C=O) groups is 2. The van der Waals surface area contributed by atoms with Gasteiger partial charge in [-0.05, 0) is 50.8 Å². The van der Waals surface area contributed by atoms with Crippen LogP contribution in [-0.2, 0) is 11.3 Å². The number of para-hydroxylation sites is 1. The fraction of sp³-hybridized carbons (Fsp3) is 0.476. The van der Waals surface area contributed by atoms with E-state index in [1.54, 1.807) is 12.3 Å². The number of hydrogen-bond donors (Lipinski definition) is 2. The topological polar surface area (TPSA) is 85.3 Å². The Morgan fingerprint density at radius 2 is 2.11 bits per heavy atom. The van der Waals surface area contributed by atoms with E-state index in [4.69, 9.17) is 4.74 Å². The van der Waals surface area contributed by atoms with Crippen molar-refractivity contribution in [3.63, 3.8) is 0 Å². The molecule has 7 nitrogen and oxygen atoms in total. The van der Waals surface area contributed by atoms with Crippen molar-refractivity contribution in [3.8, 4) is 5.75 Å². The molecule has 2 N–H and O–H groups in total. The summed E-state index contributed by atoms with van der Waals surface area (Å²) in [6.45, 7) is 3.72. The number of hydrogen-bond acceptors (Lipinski definition) is 4. The van der Waals surface area contributed by atoms with Crippen LogP contribution in [0.25, 0.3) is 0 Å². The number of benzene rings is 1. The summed E-state index contributed by atoms with van der Waals surface area (Å²) >= 11 is 0. The number of fused-ring (bicyclic) bond motifs is 1. The number of ether oxygens (including phenoxy) is 1. The molecule has 1 spiro atoms. The van der Waals surface area contributed by atoms with Crippen LogP contribution in [0.15, 0.2) is 36.5 Å². The second-order valence-electron chi connectivity index (χ2n) is 7.72. The van der Waals surface area contributed by atoms with E-state index in [0.717, 1.165) is 31.4 Å². The maximum Gasteiger partial charge on any atom is 0.255 e. The van der Waals surface area contributed by atoms with E-state index in [9.17, 15) is 9.59 Å². The van der Waals surface area contributed by atoms with Gasteiger partial charge >= 0.3 is 0 Å². The summed E-state index contributed by atoms with van der Waals surface area (Å²) in [4.78, 5) is 24.8. The van der Waals surface area contributed by atoms with Crippen molar-refractivity contribution >= 4 is 11.8 Å². The van der Waals surface area contributed by atoms with Gasteiger partial charge in [0.25, 0.3) is 5.91 Å².